The van der Waals surface area contributed by atoms with Crippen LogP contribution < -0.4 is 9.47 Å². The average Bonchev–Trinajstić information content (AvgIpc) is 2.87. The molecule has 1 N–H and O–H groups in total. The number of aliphatic hydroxyl groups is 1. The zero-order chi connectivity index (χ0) is 17.8. The normalized spacial score (nSPS) is 23.5. The molecule has 25 heavy (non-hydrogen) atoms. The minimum absolute atomic E-state index is 0.0125. The van der Waals surface area contributed by atoms with Gasteiger partial charge in [0.25, 0.3) is 0 Å². The maximum absolute atomic E-state index is 12.4. The summed E-state index contributed by atoms with van der Waals surface area (Å²) in [6, 6.07) is 7.08. The van der Waals surface area contributed by atoms with Crippen molar-refractivity contribution < 1.29 is 24.2 Å². The zero-order valence-corrected chi connectivity index (χ0v) is 14.3. The van der Waals surface area contributed by atoms with Crippen molar-refractivity contribution in [2.45, 2.75) is 25.9 Å². The summed E-state index contributed by atoms with van der Waals surface area (Å²) >= 11 is 0. The number of carbonyl (C=O) groups excluding carboxylic acids is 2. The molecular formula is C19H23NO5. The van der Waals surface area contributed by atoms with Crippen LogP contribution in [-0.2, 0) is 9.59 Å². The fourth-order valence-corrected chi connectivity index (χ4v) is 3.30. The topological polar surface area (TPSA) is 76.1 Å². The van der Waals surface area contributed by atoms with Gasteiger partial charge in [0.1, 0.15) is 24.2 Å². The predicted molar refractivity (Wildman–Crippen MR) is 91.2 cm³/mol. The third kappa shape index (κ3) is 3.85. The number of rotatable bonds is 7. The first-order chi connectivity index (χ1) is 12.1. The van der Waals surface area contributed by atoms with Crippen LogP contribution in [0, 0.1) is 11.8 Å². The minimum atomic E-state index is -0.924. The molecule has 6 nitrogen and oxygen atoms in total. The van der Waals surface area contributed by atoms with Gasteiger partial charge in [-0.05, 0) is 44.0 Å². The Bertz CT molecular complexity index is 628. The SMILES string of the molecule is CCOc1ccc(OC[C@H](O)CN2C(=O)[C@H]3CC=CC[C@H]3C2=O)cc1. The molecule has 0 radical (unpaired) electrons. The van der Waals surface area contributed by atoms with Crippen LogP contribution in [0.15, 0.2) is 36.4 Å². The Kier molecular flexibility index (Phi) is 5.38. The second-order valence-corrected chi connectivity index (χ2v) is 6.31. The Morgan fingerprint density at radius 3 is 2.08 bits per heavy atom. The van der Waals surface area contributed by atoms with Crippen LogP contribution in [0.3, 0.4) is 0 Å². The Hall–Kier alpha value is -2.34. The van der Waals surface area contributed by atoms with Gasteiger partial charge in [-0.2, -0.15) is 0 Å². The van der Waals surface area contributed by atoms with Crippen LogP contribution >= 0.6 is 0 Å². The molecule has 1 fully saturated rings. The van der Waals surface area contributed by atoms with E-state index in [-0.39, 0.29) is 36.8 Å². The van der Waals surface area contributed by atoms with Crippen LogP contribution in [0.25, 0.3) is 0 Å². The lowest BCUT2D eigenvalue weighted by atomic mass is 9.85. The molecule has 0 spiro atoms. The van der Waals surface area contributed by atoms with Gasteiger partial charge in [0.05, 0.1) is 25.0 Å². The number of benzene rings is 1. The number of likely N-dealkylation sites (tertiary alicyclic amines) is 1. The number of aliphatic hydroxyl groups excluding tert-OH is 1. The molecule has 2 amide bonds. The number of β-amino-alcohol motifs (C(OH)–C–C–N with tert-alkyl or cyclic N) is 1. The molecule has 0 unspecified atom stereocenters. The smallest absolute Gasteiger partial charge is 0.233 e. The highest BCUT2D eigenvalue weighted by Gasteiger charge is 2.47. The third-order valence-corrected chi connectivity index (χ3v) is 4.57. The van der Waals surface area contributed by atoms with Gasteiger partial charge in [0.2, 0.25) is 11.8 Å². The van der Waals surface area contributed by atoms with Crippen molar-refractivity contribution in [1.29, 1.82) is 0 Å². The van der Waals surface area contributed by atoms with E-state index < -0.39 is 6.10 Å². The van der Waals surface area contributed by atoms with E-state index in [4.69, 9.17) is 9.47 Å². The molecule has 1 aromatic rings. The lowest BCUT2D eigenvalue weighted by Gasteiger charge is -2.19. The number of ether oxygens (including phenoxy) is 2. The fourth-order valence-electron chi connectivity index (χ4n) is 3.30. The molecule has 1 aromatic carbocycles. The molecule has 0 bridgehead atoms. The first-order valence-electron chi connectivity index (χ1n) is 8.64. The molecule has 6 heteroatoms. The van der Waals surface area contributed by atoms with Crippen molar-refractivity contribution in [2.75, 3.05) is 19.8 Å². The van der Waals surface area contributed by atoms with Crippen molar-refractivity contribution in [1.82, 2.24) is 4.90 Å². The fraction of sp³-hybridized carbons (Fsp3) is 0.474. The number of hydrogen-bond donors (Lipinski definition) is 1. The van der Waals surface area contributed by atoms with Gasteiger partial charge in [-0.3, -0.25) is 14.5 Å². The second kappa shape index (κ2) is 7.70. The second-order valence-electron chi connectivity index (χ2n) is 6.31. The summed E-state index contributed by atoms with van der Waals surface area (Å²) in [5.74, 6) is 0.451. The highest BCUT2D eigenvalue weighted by molar-refractivity contribution is 6.05. The molecule has 1 aliphatic carbocycles. The first kappa shape index (κ1) is 17.5. The average molecular weight is 345 g/mol. The number of allylic oxidation sites excluding steroid dienone is 2. The highest BCUT2D eigenvalue weighted by Crippen LogP contribution is 2.35. The predicted octanol–water partition coefficient (Wildman–Crippen LogP) is 1.78. The van der Waals surface area contributed by atoms with E-state index in [1.165, 1.54) is 4.90 Å². The summed E-state index contributed by atoms with van der Waals surface area (Å²) in [5.41, 5.74) is 0. The van der Waals surface area contributed by atoms with Crippen LogP contribution in [0.1, 0.15) is 19.8 Å². The quantitative estimate of drug-likeness (QED) is 0.602. The van der Waals surface area contributed by atoms with E-state index >= 15 is 0 Å². The summed E-state index contributed by atoms with van der Waals surface area (Å²) in [5, 5.41) is 10.2. The van der Waals surface area contributed by atoms with Gasteiger partial charge in [0.15, 0.2) is 0 Å². The lowest BCUT2D eigenvalue weighted by Crippen LogP contribution is -2.40. The van der Waals surface area contributed by atoms with E-state index in [0.717, 1.165) is 5.75 Å². The van der Waals surface area contributed by atoms with Crippen LogP contribution in [0.2, 0.25) is 0 Å². The molecule has 1 aliphatic heterocycles. The van der Waals surface area contributed by atoms with E-state index in [1.54, 1.807) is 24.3 Å². The number of nitrogens with zero attached hydrogens (tertiary/aromatic N) is 1. The molecule has 1 saturated heterocycles. The van der Waals surface area contributed by atoms with Crippen molar-refractivity contribution >= 4 is 11.8 Å². The zero-order valence-electron chi connectivity index (χ0n) is 14.3. The monoisotopic (exact) mass is 345 g/mol. The van der Waals surface area contributed by atoms with E-state index in [1.807, 2.05) is 19.1 Å². The van der Waals surface area contributed by atoms with Crippen molar-refractivity contribution in [2.24, 2.45) is 11.8 Å². The maximum atomic E-state index is 12.4. The van der Waals surface area contributed by atoms with Crippen molar-refractivity contribution in [3.8, 4) is 11.5 Å². The summed E-state index contributed by atoms with van der Waals surface area (Å²) < 4.78 is 10.9. The van der Waals surface area contributed by atoms with Gasteiger partial charge in [-0.1, -0.05) is 12.2 Å². The van der Waals surface area contributed by atoms with Gasteiger partial charge < -0.3 is 14.6 Å². The minimum Gasteiger partial charge on any atom is -0.494 e. The standard InChI is InChI=1S/C19H23NO5/c1-2-24-14-7-9-15(10-8-14)25-12-13(21)11-20-18(22)16-5-3-4-6-17(16)19(20)23/h3-4,7-10,13,16-17,21H,2,5-6,11-12H2,1H3/t13-,16-,17+/m1/s1. The maximum Gasteiger partial charge on any atom is 0.233 e. The van der Waals surface area contributed by atoms with Crippen molar-refractivity contribution in [3.63, 3.8) is 0 Å². The number of amides is 2. The molecule has 0 saturated carbocycles. The molecule has 3 atom stereocenters. The number of fused-ring (bicyclic) bond motifs is 1. The van der Waals surface area contributed by atoms with Gasteiger partial charge in [0, 0.05) is 0 Å². The number of hydrogen-bond acceptors (Lipinski definition) is 5. The van der Waals surface area contributed by atoms with E-state index in [9.17, 15) is 14.7 Å². The Balaban J connectivity index is 1.51. The molecular weight excluding hydrogens is 322 g/mol. The largest absolute Gasteiger partial charge is 0.494 e. The lowest BCUT2D eigenvalue weighted by molar-refractivity contribution is -0.141. The summed E-state index contributed by atoms with van der Waals surface area (Å²) in [7, 11) is 0. The summed E-state index contributed by atoms with van der Waals surface area (Å²) in [6.07, 6.45) is 4.17. The Morgan fingerprint density at radius 2 is 1.56 bits per heavy atom. The highest BCUT2D eigenvalue weighted by atomic mass is 16.5. The third-order valence-electron chi connectivity index (χ3n) is 4.57. The molecule has 3 rings (SSSR count). The number of carbonyl (C=O) groups is 2. The number of imide groups is 1. The van der Waals surface area contributed by atoms with Crippen molar-refractivity contribution in [3.05, 3.63) is 36.4 Å². The molecule has 1 heterocycles. The van der Waals surface area contributed by atoms with Gasteiger partial charge in [-0.15, -0.1) is 0 Å². The Morgan fingerprint density at radius 1 is 1.04 bits per heavy atom. The van der Waals surface area contributed by atoms with Gasteiger partial charge >= 0.3 is 0 Å². The summed E-state index contributed by atoms with van der Waals surface area (Å²) in [6.45, 7) is 2.49. The molecule has 0 aromatic heterocycles. The van der Waals surface area contributed by atoms with Crippen LogP contribution in [0.5, 0.6) is 11.5 Å². The summed E-state index contributed by atoms with van der Waals surface area (Å²) in [4.78, 5) is 25.9. The van der Waals surface area contributed by atoms with E-state index in [2.05, 4.69) is 0 Å². The van der Waals surface area contributed by atoms with Gasteiger partial charge in [-0.25, -0.2) is 0 Å². The van der Waals surface area contributed by atoms with Crippen LogP contribution in [-0.4, -0.2) is 47.7 Å². The van der Waals surface area contributed by atoms with Crippen LogP contribution in [0.4, 0.5) is 0 Å². The molecule has 2 aliphatic rings. The molecule has 134 valence electrons. The Labute approximate surface area is 147 Å². The van der Waals surface area contributed by atoms with E-state index in [0.29, 0.717) is 25.2 Å². The first-order valence-corrected chi connectivity index (χ1v) is 8.64.